The van der Waals surface area contributed by atoms with Crippen LogP contribution in [0.25, 0.3) is 0 Å². The molecule has 0 saturated carbocycles. The Labute approximate surface area is 85.2 Å². The van der Waals surface area contributed by atoms with Gasteiger partial charge in [0.2, 0.25) is 10.0 Å². The van der Waals surface area contributed by atoms with E-state index in [4.69, 9.17) is 0 Å². The van der Waals surface area contributed by atoms with Gasteiger partial charge in [-0.05, 0) is 25.0 Å². The van der Waals surface area contributed by atoms with Gasteiger partial charge >= 0.3 is 0 Å². The Balaban J connectivity index is 2.97. The molecule has 4 heteroatoms. The lowest BCUT2D eigenvalue weighted by Gasteiger charge is -2.09. The third-order valence-electron chi connectivity index (χ3n) is 2.04. The molecule has 78 valence electrons. The first-order chi connectivity index (χ1) is 6.59. The maximum absolute atomic E-state index is 11.3. The highest BCUT2D eigenvalue weighted by Crippen LogP contribution is 2.16. The number of anilines is 1. The van der Waals surface area contributed by atoms with Crippen molar-refractivity contribution in [2.45, 2.75) is 20.3 Å². The lowest BCUT2D eigenvalue weighted by atomic mass is 10.1. The second kappa shape index (κ2) is 4.46. The van der Waals surface area contributed by atoms with Crippen LogP contribution in [0.15, 0.2) is 24.3 Å². The number of para-hydroxylation sites is 1. The van der Waals surface area contributed by atoms with Gasteiger partial charge in [-0.3, -0.25) is 4.72 Å². The molecule has 0 aliphatic rings. The summed E-state index contributed by atoms with van der Waals surface area (Å²) in [4.78, 5) is 0. The summed E-state index contributed by atoms with van der Waals surface area (Å²) in [6, 6.07) is 7.44. The van der Waals surface area contributed by atoms with Crippen LogP contribution in [0.2, 0.25) is 0 Å². The quantitative estimate of drug-likeness (QED) is 0.831. The molecule has 1 rings (SSSR count). The highest BCUT2D eigenvalue weighted by atomic mass is 32.2. The van der Waals surface area contributed by atoms with Gasteiger partial charge in [0.1, 0.15) is 0 Å². The van der Waals surface area contributed by atoms with E-state index in [1.54, 1.807) is 13.0 Å². The summed E-state index contributed by atoms with van der Waals surface area (Å²) in [5.74, 6) is 0.102. The van der Waals surface area contributed by atoms with E-state index in [0.717, 1.165) is 12.0 Å². The second-order valence-electron chi connectivity index (χ2n) is 3.02. The van der Waals surface area contributed by atoms with Gasteiger partial charge in [0, 0.05) is 0 Å². The van der Waals surface area contributed by atoms with E-state index in [0.29, 0.717) is 5.69 Å². The van der Waals surface area contributed by atoms with Gasteiger partial charge in [0.25, 0.3) is 0 Å². The Kier molecular flexibility index (Phi) is 3.52. The maximum atomic E-state index is 11.3. The molecule has 0 aliphatic carbocycles. The molecule has 3 nitrogen and oxygen atoms in total. The zero-order chi connectivity index (χ0) is 10.6. The van der Waals surface area contributed by atoms with Crippen molar-refractivity contribution in [3.8, 4) is 0 Å². The molecule has 0 unspecified atom stereocenters. The number of benzene rings is 1. The summed E-state index contributed by atoms with van der Waals surface area (Å²) in [5, 5.41) is 0. The van der Waals surface area contributed by atoms with Gasteiger partial charge in [-0.2, -0.15) is 0 Å². The van der Waals surface area contributed by atoms with Crippen molar-refractivity contribution in [2.75, 3.05) is 10.5 Å². The van der Waals surface area contributed by atoms with E-state index in [9.17, 15) is 8.42 Å². The molecular weight excluding hydrogens is 198 g/mol. The van der Waals surface area contributed by atoms with E-state index in [1.807, 2.05) is 25.1 Å². The predicted molar refractivity (Wildman–Crippen MR) is 58.9 cm³/mol. The van der Waals surface area contributed by atoms with Gasteiger partial charge in [0.15, 0.2) is 0 Å². The molecule has 0 saturated heterocycles. The summed E-state index contributed by atoms with van der Waals surface area (Å²) >= 11 is 0. The molecular formula is C10H15NO2S. The number of hydrogen-bond donors (Lipinski definition) is 1. The molecule has 0 aromatic heterocycles. The van der Waals surface area contributed by atoms with Crippen LogP contribution in [0.1, 0.15) is 19.4 Å². The van der Waals surface area contributed by atoms with Crippen molar-refractivity contribution >= 4 is 15.7 Å². The molecule has 0 aliphatic heterocycles. The molecule has 0 spiro atoms. The average molecular weight is 213 g/mol. The molecule has 0 bridgehead atoms. The van der Waals surface area contributed by atoms with E-state index in [2.05, 4.69) is 4.72 Å². The molecule has 0 atom stereocenters. The fourth-order valence-electron chi connectivity index (χ4n) is 1.17. The summed E-state index contributed by atoms with van der Waals surface area (Å²) in [6.45, 7) is 3.62. The normalized spacial score (nSPS) is 11.3. The van der Waals surface area contributed by atoms with Crippen LogP contribution in [-0.2, 0) is 16.4 Å². The van der Waals surface area contributed by atoms with Gasteiger partial charge < -0.3 is 0 Å². The van der Waals surface area contributed by atoms with Crippen LogP contribution in [0.5, 0.6) is 0 Å². The number of aryl methyl sites for hydroxylation is 1. The van der Waals surface area contributed by atoms with Crippen molar-refractivity contribution in [2.24, 2.45) is 0 Å². The van der Waals surface area contributed by atoms with E-state index < -0.39 is 10.0 Å². The third kappa shape index (κ3) is 2.73. The average Bonchev–Trinajstić information content (AvgIpc) is 2.18. The van der Waals surface area contributed by atoms with Gasteiger partial charge in [-0.15, -0.1) is 0 Å². The first kappa shape index (κ1) is 11.0. The minimum atomic E-state index is -3.16. The number of rotatable bonds is 4. The van der Waals surface area contributed by atoms with Crippen molar-refractivity contribution in [1.82, 2.24) is 0 Å². The summed E-state index contributed by atoms with van der Waals surface area (Å²) < 4.78 is 25.2. The molecule has 0 amide bonds. The first-order valence-corrected chi connectivity index (χ1v) is 6.32. The molecule has 0 fully saturated rings. The molecule has 14 heavy (non-hydrogen) atoms. The zero-order valence-corrected chi connectivity index (χ0v) is 9.26. The maximum Gasteiger partial charge on any atom is 0.232 e. The Bertz CT molecular complexity index is 398. The fourth-order valence-corrected chi connectivity index (χ4v) is 1.85. The summed E-state index contributed by atoms with van der Waals surface area (Å²) in [6.07, 6.45) is 0.822. The van der Waals surface area contributed by atoms with E-state index in [-0.39, 0.29) is 5.75 Å². The van der Waals surface area contributed by atoms with Crippen LogP contribution in [0.4, 0.5) is 5.69 Å². The molecule has 1 N–H and O–H groups in total. The van der Waals surface area contributed by atoms with Crippen LogP contribution < -0.4 is 4.72 Å². The van der Waals surface area contributed by atoms with E-state index in [1.165, 1.54) is 0 Å². The van der Waals surface area contributed by atoms with E-state index >= 15 is 0 Å². The Morgan fingerprint density at radius 3 is 2.43 bits per heavy atom. The summed E-state index contributed by atoms with van der Waals surface area (Å²) in [5.41, 5.74) is 1.71. The standard InChI is InChI=1S/C10H15NO2S/c1-3-9-7-5-6-8-10(9)11-14(12,13)4-2/h5-8,11H,3-4H2,1-2H3. The van der Waals surface area contributed by atoms with Gasteiger partial charge in [0.05, 0.1) is 11.4 Å². The minimum absolute atomic E-state index is 0.102. The number of nitrogens with one attached hydrogen (secondary N) is 1. The molecule has 0 radical (unpaired) electrons. The van der Waals surface area contributed by atoms with Crippen molar-refractivity contribution in [3.05, 3.63) is 29.8 Å². The summed E-state index contributed by atoms with van der Waals surface area (Å²) in [7, 11) is -3.16. The zero-order valence-electron chi connectivity index (χ0n) is 8.45. The third-order valence-corrected chi connectivity index (χ3v) is 3.33. The monoisotopic (exact) mass is 213 g/mol. The lowest BCUT2D eigenvalue weighted by molar-refractivity contribution is 0.602. The van der Waals surface area contributed by atoms with Gasteiger partial charge in [-0.25, -0.2) is 8.42 Å². The van der Waals surface area contributed by atoms with Crippen LogP contribution >= 0.6 is 0 Å². The largest absolute Gasteiger partial charge is 0.283 e. The SMILES string of the molecule is CCc1ccccc1NS(=O)(=O)CC. The smallest absolute Gasteiger partial charge is 0.232 e. The Morgan fingerprint density at radius 2 is 1.86 bits per heavy atom. The van der Waals surface area contributed by atoms with Gasteiger partial charge in [-0.1, -0.05) is 25.1 Å². The van der Waals surface area contributed by atoms with Crippen molar-refractivity contribution in [3.63, 3.8) is 0 Å². The Hall–Kier alpha value is -1.03. The second-order valence-corrected chi connectivity index (χ2v) is 5.03. The van der Waals surface area contributed by atoms with Crippen molar-refractivity contribution < 1.29 is 8.42 Å². The van der Waals surface area contributed by atoms with Crippen LogP contribution in [0.3, 0.4) is 0 Å². The fraction of sp³-hybridized carbons (Fsp3) is 0.400. The van der Waals surface area contributed by atoms with Crippen LogP contribution in [-0.4, -0.2) is 14.2 Å². The highest BCUT2D eigenvalue weighted by Gasteiger charge is 2.08. The number of hydrogen-bond acceptors (Lipinski definition) is 2. The highest BCUT2D eigenvalue weighted by molar-refractivity contribution is 7.92. The minimum Gasteiger partial charge on any atom is -0.283 e. The molecule has 0 heterocycles. The first-order valence-electron chi connectivity index (χ1n) is 4.67. The van der Waals surface area contributed by atoms with Crippen LogP contribution in [0, 0.1) is 0 Å². The molecule has 1 aromatic carbocycles. The lowest BCUT2D eigenvalue weighted by Crippen LogP contribution is -2.15. The van der Waals surface area contributed by atoms with Crippen molar-refractivity contribution in [1.29, 1.82) is 0 Å². The Morgan fingerprint density at radius 1 is 1.21 bits per heavy atom. The predicted octanol–water partition coefficient (Wildman–Crippen LogP) is 2.01. The molecule has 1 aromatic rings. The topological polar surface area (TPSA) is 46.2 Å². The number of sulfonamides is 1.